The van der Waals surface area contributed by atoms with Crippen molar-refractivity contribution in [3.8, 4) is 0 Å². The summed E-state index contributed by atoms with van der Waals surface area (Å²) >= 11 is 0. The molecule has 112 valence electrons. The highest BCUT2D eigenvalue weighted by atomic mass is 32.2. The SMILES string of the molecule is CN(C)CCN(C)S(=O)(=O)N1CCCC(C(=O)O)C1. The summed E-state index contributed by atoms with van der Waals surface area (Å²) in [6.45, 7) is 1.50. The van der Waals surface area contributed by atoms with E-state index in [1.807, 2.05) is 19.0 Å². The zero-order valence-corrected chi connectivity index (χ0v) is 12.6. The fourth-order valence-corrected chi connectivity index (χ4v) is 3.44. The summed E-state index contributed by atoms with van der Waals surface area (Å²) in [4.78, 5) is 12.9. The van der Waals surface area contributed by atoms with Crippen LogP contribution in [-0.2, 0) is 15.0 Å². The minimum absolute atomic E-state index is 0.0734. The van der Waals surface area contributed by atoms with Crippen molar-refractivity contribution in [2.24, 2.45) is 5.92 Å². The van der Waals surface area contributed by atoms with Crippen LogP contribution in [0, 0.1) is 5.92 Å². The number of nitrogens with zero attached hydrogens (tertiary/aromatic N) is 3. The molecule has 0 radical (unpaired) electrons. The Balaban J connectivity index is 2.68. The molecule has 7 nitrogen and oxygen atoms in total. The van der Waals surface area contributed by atoms with E-state index >= 15 is 0 Å². The standard InChI is InChI=1S/C11H23N3O4S/c1-12(2)7-8-13(3)19(17,18)14-6-4-5-10(9-14)11(15)16/h10H,4-9H2,1-3H3,(H,15,16). The highest BCUT2D eigenvalue weighted by Crippen LogP contribution is 2.20. The Hall–Kier alpha value is -0.700. The normalized spacial score (nSPS) is 22.1. The molecule has 1 N–H and O–H groups in total. The van der Waals surface area contributed by atoms with Gasteiger partial charge in [-0.1, -0.05) is 0 Å². The maximum absolute atomic E-state index is 12.3. The highest BCUT2D eigenvalue weighted by Gasteiger charge is 2.34. The molecular formula is C11H23N3O4S. The van der Waals surface area contributed by atoms with Crippen molar-refractivity contribution in [3.05, 3.63) is 0 Å². The molecule has 19 heavy (non-hydrogen) atoms. The molecular weight excluding hydrogens is 270 g/mol. The van der Waals surface area contributed by atoms with E-state index in [0.717, 1.165) is 0 Å². The minimum atomic E-state index is -3.55. The van der Waals surface area contributed by atoms with Crippen LogP contribution in [0.3, 0.4) is 0 Å². The van der Waals surface area contributed by atoms with Crippen molar-refractivity contribution in [2.75, 3.05) is 47.3 Å². The number of likely N-dealkylation sites (N-methyl/N-ethyl adjacent to an activating group) is 2. The van der Waals surface area contributed by atoms with Crippen molar-refractivity contribution >= 4 is 16.2 Å². The second kappa shape index (κ2) is 6.65. The summed E-state index contributed by atoms with van der Waals surface area (Å²) in [6, 6.07) is 0. The summed E-state index contributed by atoms with van der Waals surface area (Å²) in [7, 11) is 1.74. The van der Waals surface area contributed by atoms with Crippen molar-refractivity contribution in [2.45, 2.75) is 12.8 Å². The third-order valence-electron chi connectivity index (χ3n) is 3.32. The van der Waals surface area contributed by atoms with E-state index in [1.165, 1.54) is 15.7 Å². The molecule has 0 aromatic heterocycles. The lowest BCUT2D eigenvalue weighted by Crippen LogP contribution is -2.49. The molecule has 1 saturated heterocycles. The summed E-state index contributed by atoms with van der Waals surface area (Å²) in [6.07, 6.45) is 1.14. The summed E-state index contributed by atoms with van der Waals surface area (Å²) in [5, 5.41) is 8.99. The van der Waals surface area contributed by atoms with Crippen LogP contribution < -0.4 is 0 Å². The highest BCUT2D eigenvalue weighted by molar-refractivity contribution is 7.86. The van der Waals surface area contributed by atoms with Crippen LogP contribution in [0.25, 0.3) is 0 Å². The average molecular weight is 293 g/mol. The molecule has 1 atom stereocenters. The summed E-state index contributed by atoms with van der Waals surface area (Å²) in [5.74, 6) is -1.51. The van der Waals surface area contributed by atoms with Crippen LogP contribution in [0.15, 0.2) is 0 Å². The molecule has 0 aliphatic carbocycles. The molecule has 0 aromatic rings. The maximum Gasteiger partial charge on any atom is 0.307 e. The summed E-state index contributed by atoms with van der Waals surface area (Å²) < 4.78 is 27.2. The first kappa shape index (κ1) is 16.4. The van der Waals surface area contributed by atoms with Crippen molar-refractivity contribution < 1.29 is 18.3 Å². The van der Waals surface area contributed by atoms with Crippen LogP contribution in [-0.4, -0.2) is 80.3 Å². The number of hydrogen-bond donors (Lipinski definition) is 1. The van der Waals surface area contributed by atoms with Gasteiger partial charge in [0.2, 0.25) is 0 Å². The lowest BCUT2D eigenvalue weighted by atomic mass is 10.0. The molecule has 1 rings (SSSR count). The van der Waals surface area contributed by atoms with Gasteiger partial charge in [0.25, 0.3) is 10.2 Å². The fraction of sp³-hybridized carbons (Fsp3) is 0.909. The predicted molar refractivity (Wildman–Crippen MR) is 72.0 cm³/mol. The third kappa shape index (κ3) is 4.41. The second-order valence-corrected chi connectivity index (χ2v) is 7.20. The van der Waals surface area contributed by atoms with Gasteiger partial charge in [0.1, 0.15) is 0 Å². The van der Waals surface area contributed by atoms with Gasteiger partial charge < -0.3 is 10.0 Å². The zero-order chi connectivity index (χ0) is 14.6. The Kier molecular flexibility index (Phi) is 5.72. The molecule has 1 aliphatic rings. The van der Waals surface area contributed by atoms with Crippen molar-refractivity contribution in [1.82, 2.24) is 13.5 Å². The molecule has 0 aromatic carbocycles. The van der Waals surface area contributed by atoms with Gasteiger partial charge in [-0.2, -0.15) is 17.0 Å². The third-order valence-corrected chi connectivity index (χ3v) is 5.27. The summed E-state index contributed by atoms with van der Waals surface area (Å²) in [5.41, 5.74) is 0. The van der Waals surface area contributed by atoms with Crippen LogP contribution >= 0.6 is 0 Å². The first-order valence-electron chi connectivity index (χ1n) is 6.34. The Morgan fingerprint density at radius 3 is 2.47 bits per heavy atom. The first-order chi connectivity index (χ1) is 8.75. The van der Waals surface area contributed by atoms with Gasteiger partial charge in [-0.15, -0.1) is 0 Å². The largest absolute Gasteiger partial charge is 0.481 e. The molecule has 1 aliphatic heterocycles. The second-order valence-electron chi connectivity index (χ2n) is 5.17. The minimum Gasteiger partial charge on any atom is -0.481 e. The molecule has 0 spiro atoms. The number of rotatable bonds is 6. The lowest BCUT2D eigenvalue weighted by Gasteiger charge is -2.33. The van der Waals surface area contributed by atoms with E-state index < -0.39 is 22.1 Å². The van der Waals surface area contributed by atoms with Gasteiger partial charge >= 0.3 is 5.97 Å². The number of hydrogen-bond acceptors (Lipinski definition) is 4. The van der Waals surface area contributed by atoms with Gasteiger partial charge in [0, 0.05) is 33.2 Å². The smallest absolute Gasteiger partial charge is 0.307 e. The van der Waals surface area contributed by atoms with E-state index in [0.29, 0.717) is 32.5 Å². The van der Waals surface area contributed by atoms with E-state index in [9.17, 15) is 13.2 Å². The Morgan fingerprint density at radius 2 is 1.95 bits per heavy atom. The molecule has 0 saturated carbocycles. The van der Waals surface area contributed by atoms with Gasteiger partial charge in [0.05, 0.1) is 5.92 Å². The molecule has 0 amide bonds. The molecule has 1 unspecified atom stereocenters. The zero-order valence-electron chi connectivity index (χ0n) is 11.7. The Morgan fingerprint density at radius 1 is 1.32 bits per heavy atom. The number of aliphatic carboxylic acids is 1. The first-order valence-corrected chi connectivity index (χ1v) is 7.73. The number of piperidine rings is 1. The van der Waals surface area contributed by atoms with Crippen LogP contribution in [0.1, 0.15) is 12.8 Å². The monoisotopic (exact) mass is 293 g/mol. The van der Waals surface area contributed by atoms with Crippen LogP contribution in [0.4, 0.5) is 0 Å². The number of carboxylic acids is 1. The van der Waals surface area contributed by atoms with E-state index in [1.54, 1.807) is 0 Å². The van der Waals surface area contributed by atoms with Crippen LogP contribution in [0.5, 0.6) is 0 Å². The molecule has 1 heterocycles. The molecule has 8 heteroatoms. The predicted octanol–water partition coefficient (Wildman–Crippen LogP) is -0.479. The van der Waals surface area contributed by atoms with E-state index in [2.05, 4.69) is 0 Å². The fourth-order valence-electron chi connectivity index (χ4n) is 2.01. The average Bonchev–Trinajstić information content (AvgIpc) is 2.35. The Bertz CT molecular complexity index is 410. The lowest BCUT2D eigenvalue weighted by molar-refractivity contribution is -0.142. The topological polar surface area (TPSA) is 81.2 Å². The van der Waals surface area contributed by atoms with Crippen molar-refractivity contribution in [1.29, 1.82) is 0 Å². The van der Waals surface area contributed by atoms with Gasteiger partial charge in [0.15, 0.2) is 0 Å². The van der Waals surface area contributed by atoms with E-state index in [-0.39, 0.29) is 6.54 Å². The number of carboxylic acid groups (broad SMARTS) is 1. The van der Waals surface area contributed by atoms with E-state index in [4.69, 9.17) is 5.11 Å². The molecule has 1 fully saturated rings. The quantitative estimate of drug-likeness (QED) is 0.715. The van der Waals surface area contributed by atoms with Crippen molar-refractivity contribution in [3.63, 3.8) is 0 Å². The number of carbonyl (C=O) groups is 1. The van der Waals surface area contributed by atoms with Gasteiger partial charge in [-0.25, -0.2) is 0 Å². The molecule has 0 bridgehead atoms. The van der Waals surface area contributed by atoms with Gasteiger partial charge in [-0.05, 0) is 26.9 Å². The Labute approximate surface area is 115 Å². The van der Waals surface area contributed by atoms with Gasteiger partial charge in [-0.3, -0.25) is 4.79 Å². The maximum atomic E-state index is 12.3. The van der Waals surface area contributed by atoms with Crippen LogP contribution in [0.2, 0.25) is 0 Å².